The predicted molar refractivity (Wildman–Crippen MR) is 169 cm³/mol. The molecule has 1 heterocycles. The second-order valence-electron chi connectivity index (χ2n) is 11.7. The third-order valence-electron chi connectivity index (χ3n) is 7.64. The molecule has 8 nitrogen and oxygen atoms in total. The number of rotatable bonds is 12. The van der Waals surface area contributed by atoms with Crippen molar-refractivity contribution in [1.82, 2.24) is 0 Å². The summed E-state index contributed by atoms with van der Waals surface area (Å²) in [5.41, 5.74) is 4.70. The summed E-state index contributed by atoms with van der Waals surface area (Å²) in [6.45, 7) is 8.45. The van der Waals surface area contributed by atoms with Crippen molar-refractivity contribution in [2.75, 3.05) is 23.4 Å². The topological polar surface area (TPSA) is 128 Å². The molecule has 10 heteroatoms. The Balaban J connectivity index is 1.53. The molecule has 1 saturated heterocycles. The van der Waals surface area contributed by atoms with Crippen LogP contribution in [-0.2, 0) is 17.8 Å². The Kier molecular flexibility index (Phi) is 10.3. The number of anilines is 1. The zero-order valence-electron chi connectivity index (χ0n) is 25.2. The van der Waals surface area contributed by atoms with Crippen LogP contribution in [0.5, 0.6) is 11.5 Å². The maximum Gasteiger partial charge on any atom is 0.303 e. The zero-order valence-corrected chi connectivity index (χ0v) is 26.0. The van der Waals surface area contributed by atoms with Gasteiger partial charge in [0.2, 0.25) is 0 Å². The fourth-order valence-electron chi connectivity index (χ4n) is 5.27. The van der Waals surface area contributed by atoms with Crippen molar-refractivity contribution in [3.63, 3.8) is 0 Å². The summed E-state index contributed by atoms with van der Waals surface area (Å²) in [7, 11) is -2.60. The quantitative estimate of drug-likeness (QED) is 0.145. The summed E-state index contributed by atoms with van der Waals surface area (Å²) < 4.78 is 46.5. The molecule has 0 spiro atoms. The second-order valence-corrected chi connectivity index (χ2v) is 14.1. The molecule has 0 aromatic heterocycles. The maximum absolute atomic E-state index is 14.5. The molecule has 1 aliphatic heterocycles. The number of benzene rings is 3. The van der Waals surface area contributed by atoms with E-state index in [1.54, 1.807) is 12.1 Å². The van der Waals surface area contributed by atoms with Gasteiger partial charge < -0.3 is 25.0 Å². The molecule has 0 radical (unpaired) electrons. The van der Waals surface area contributed by atoms with Crippen LogP contribution < -0.4 is 14.8 Å². The van der Waals surface area contributed by atoms with Crippen molar-refractivity contribution >= 4 is 22.2 Å². The smallest absolute Gasteiger partial charge is 0.303 e. The van der Waals surface area contributed by atoms with E-state index in [0.717, 1.165) is 33.6 Å². The molecule has 5 N–H and O–H groups in total. The number of aliphatic carboxylic acids is 1. The first-order valence-electron chi connectivity index (χ1n) is 14.5. The number of hydrogen-bond acceptors (Lipinski definition) is 7. The fraction of sp³-hybridized carbons (Fsp3) is 0.424. The zero-order chi connectivity index (χ0) is 31.4. The van der Waals surface area contributed by atoms with Gasteiger partial charge in [-0.15, -0.1) is 0 Å². The van der Waals surface area contributed by atoms with E-state index in [-0.39, 0.29) is 49.9 Å². The molecule has 0 unspecified atom stereocenters. The van der Waals surface area contributed by atoms with E-state index in [1.807, 2.05) is 52.0 Å². The van der Waals surface area contributed by atoms with Gasteiger partial charge in [-0.3, -0.25) is 13.9 Å². The summed E-state index contributed by atoms with van der Waals surface area (Å²) in [4.78, 5) is 10.8. The van der Waals surface area contributed by atoms with Gasteiger partial charge in [-0.05, 0) is 111 Å². The lowest BCUT2D eigenvalue weighted by molar-refractivity contribution is -0.136. The number of halogens is 1. The van der Waals surface area contributed by atoms with Crippen LogP contribution in [0.25, 0.3) is 11.1 Å². The Morgan fingerprint density at radius 1 is 1.05 bits per heavy atom. The van der Waals surface area contributed by atoms with Crippen molar-refractivity contribution in [1.29, 1.82) is 0 Å². The van der Waals surface area contributed by atoms with Gasteiger partial charge in [-0.1, -0.05) is 12.1 Å². The van der Waals surface area contributed by atoms with Crippen molar-refractivity contribution in [2.24, 2.45) is 0 Å². The monoisotopic (exact) mass is 615 g/mol. The number of aryl methyl sites for hydroxylation is 3. The number of nitrogens with one attached hydrogen (secondary N) is 1. The minimum atomic E-state index is -2.60. The molecule has 0 atom stereocenters. The Labute approximate surface area is 254 Å². The van der Waals surface area contributed by atoms with Crippen molar-refractivity contribution < 1.29 is 38.0 Å². The molecule has 4 rings (SSSR count). The molecule has 1 fully saturated rings. The summed E-state index contributed by atoms with van der Waals surface area (Å²) in [5, 5.41) is 23.0. The normalized spacial score (nSPS) is 16.5. The Bertz CT molecular complexity index is 1430. The molecule has 43 heavy (non-hydrogen) atoms. The van der Waals surface area contributed by atoms with E-state index >= 15 is 0 Å². The summed E-state index contributed by atoms with van der Waals surface area (Å²) in [6.07, 6.45) is 0.540. The van der Waals surface area contributed by atoms with E-state index in [9.17, 15) is 23.4 Å². The molecular formula is C33H42FNO7S. The molecule has 0 saturated carbocycles. The van der Waals surface area contributed by atoms with Crippen LogP contribution in [0.2, 0.25) is 0 Å². The average Bonchev–Trinajstić information content (AvgIpc) is 2.92. The lowest BCUT2D eigenvalue weighted by Gasteiger charge is -2.43. The minimum absolute atomic E-state index is 0.0387. The Morgan fingerprint density at radius 2 is 1.72 bits per heavy atom. The highest BCUT2D eigenvalue weighted by molar-refractivity contribution is 8.24. The van der Waals surface area contributed by atoms with Crippen molar-refractivity contribution in [3.8, 4) is 22.6 Å². The first-order valence-corrected chi connectivity index (χ1v) is 16.4. The lowest BCUT2D eigenvalue weighted by Crippen LogP contribution is -2.42. The van der Waals surface area contributed by atoms with E-state index in [4.69, 9.17) is 14.6 Å². The van der Waals surface area contributed by atoms with E-state index in [1.165, 1.54) is 6.07 Å². The SMILES string of the molecule is Cc1cc(OCC2(O)CCS(O)(O)CC2)cc(C)c1-c1cc(CNc2ccc(CCC(=O)O)c(F)c2)ccc1OC(C)C. The number of carbonyl (C=O) groups is 1. The first kappa shape index (κ1) is 32.6. The molecule has 0 bridgehead atoms. The van der Waals surface area contributed by atoms with Crippen LogP contribution in [0.4, 0.5) is 10.1 Å². The Morgan fingerprint density at radius 3 is 2.33 bits per heavy atom. The summed E-state index contributed by atoms with van der Waals surface area (Å²) >= 11 is 0. The van der Waals surface area contributed by atoms with Crippen LogP contribution in [-0.4, -0.2) is 55.1 Å². The van der Waals surface area contributed by atoms with Gasteiger partial charge in [0.15, 0.2) is 0 Å². The molecule has 3 aromatic rings. The van der Waals surface area contributed by atoms with E-state index in [2.05, 4.69) is 11.4 Å². The standard InChI is InChI=1S/C33H42FNO7S/c1-21(2)42-30-9-5-24(19-35-26-8-6-25(29(34)18-26)7-10-31(36)37)17-28(30)32-22(3)15-27(16-23(32)4)41-20-33(38)11-13-43(39,40)14-12-33/h5-6,8-9,15-18,21,35,38-40H,7,10-14,19-20H2,1-4H3,(H,36,37). The van der Waals surface area contributed by atoms with Gasteiger partial charge in [0.25, 0.3) is 0 Å². The number of aliphatic hydroxyl groups is 1. The molecule has 0 aliphatic carbocycles. The largest absolute Gasteiger partial charge is 0.491 e. The number of carboxylic acids is 1. The van der Waals surface area contributed by atoms with Crippen molar-refractivity contribution in [2.45, 2.75) is 71.6 Å². The molecule has 234 valence electrons. The van der Waals surface area contributed by atoms with E-state index in [0.29, 0.717) is 23.5 Å². The van der Waals surface area contributed by atoms with Crippen LogP contribution in [0.3, 0.4) is 0 Å². The number of ether oxygens (including phenoxy) is 2. The first-order chi connectivity index (χ1) is 20.2. The predicted octanol–water partition coefficient (Wildman–Crippen LogP) is 7.18. The highest BCUT2D eigenvalue weighted by Crippen LogP contribution is 2.47. The maximum atomic E-state index is 14.5. The fourth-order valence-corrected chi connectivity index (χ4v) is 6.89. The third-order valence-corrected chi connectivity index (χ3v) is 9.35. The van der Waals surface area contributed by atoms with Crippen LogP contribution in [0, 0.1) is 19.7 Å². The highest BCUT2D eigenvalue weighted by atomic mass is 32.3. The highest BCUT2D eigenvalue weighted by Gasteiger charge is 2.36. The van der Waals surface area contributed by atoms with Crippen LogP contribution in [0.1, 0.15) is 55.4 Å². The van der Waals surface area contributed by atoms with Gasteiger partial charge in [0.05, 0.1) is 6.10 Å². The van der Waals surface area contributed by atoms with Gasteiger partial charge >= 0.3 is 5.97 Å². The van der Waals surface area contributed by atoms with Crippen LogP contribution >= 0.6 is 10.6 Å². The molecule has 3 aromatic carbocycles. The third kappa shape index (κ3) is 8.86. The van der Waals surface area contributed by atoms with Gasteiger partial charge in [0.1, 0.15) is 29.5 Å². The van der Waals surface area contributed by atoms with Crippen LogP contribution in [0.15, 0.2) is 48.5 Å². The van der Waals surface area contributed by atoms with Crippen molar-refractivity contribution in [3.05, 3.63) is 76.6 Å². The summed E-state index contributed by atoms with van der Waals surface area (Å²) in [6, 6.07) is 14.6. The molecule has 0 amide bonds. The average molecular weight is 616 g/mol. The van der Waals surface area contributed by atoms with Gasteiger partial charge in [0, 0.05) is 35.7 Å². The number of hydrogen-bond donors (Lipinski definition) is 5. The van der Waals surface area contributed by atoms with Gasteiger partial charge in [-0.2, -0.15) is 10.6 Å². The lowest BCUT2D eigenvalue weighted by atomic mass is 9.93. The number of carboxylic acid groups (broad SMARTS) is 1. The second kappa shape index (κ2) is 13.5. The minimum Gasteiger partial charge on any atom is -0.491 e. The Hall–Kier alpha value is -3.31. The van der Waals surface area contributed by atoms with E-state index < -0.39 is 28.0 Å². The molecular weight excluding hydrogens is 573 g/mol. The summed E-state index contributed by atoms with van der Waals surface area (Å²) in [5.74, 6) is 0.330. The molecule has 1 aliphatic rings. The van der Waals surface area contributed by atoms with Gasteiger partial charge in [-0.25, -0.2) is 4.39 Å².